The summed E-state index contributed by atoms with van der Waals surface area (Å²) in [4.78, 5) is 19.3. The number of fused-ring (bicyclic) bond motifs is 1. The largest absolute Gasteiger partial charge is 0.494 e. The van der Waals surface area contributed by atoms with Crippen LogP contribution in [0, 0.1) is 11.6 Å². The molecule has 3 aromatic rings. The van der Waals surface area contributed by atoms with Crippen LogP contribution in [0.15, 0.2) is 36.7 Å². The van der Waals surface area contributed by atoms with E-state index in [0.717, 1.165) is 6.07 Å². The molecule has 1 aromatic carbocycles. The van der Waals surface area contributed by atoms with Gasteiger partial charge in [0.25, 0.3) is 5.91 Å². The zero-order chi connectivity index (χ0) is 19.8. The number of nitrogens with one attached hydrogen (secondary N) is 1. The van der Waals surface area contributed by atoms with Crippen LogP contribution in [0.1, 0.15) is 16.1 Å². The molecule has 0 saturated carbocycles. The fraction of sp³-hybridized carbons (Fsp3) is 0.118. The van der Waals surface area contributed by atoms with Gasteiger partial charge >= 0.3 is 6.18 Å². The van der Waals surface area contributed by atoms with Gasteiger partial charge in [-0.25, -0.2) is 13.8 Å². The highest BCUT2D eigenvalue weighted by molar-refractivity contribution is 6.13. The number of amides is 1. The van der Waals surface area contributed by atoms with Gasteiger partial charge in [-0.1, -0.05) is 0 Å². The lowest BCUT2D eigenvalue weighted by Gasteiger charge is -2.13. The number of aromatic nitrogens is 2. The summed E-state index contributed by atoms with van der Waals surface area (Å²) in [5.74, 6) is -3.13. The number of hydrogen-bond acceptors (Lipinski definition) is 4. The number of carbonyl (C=O) groups is 1. The number of benzene rings is 1. The molecule has 0 aliphatic carbocycles. The molecule has 0 aliphatic rings. The molecule has 0 spiro atoms. The molecule has 0 atom stereocenters. The Labute approximate surface area is 148 Å². The average Bonchev–Trinajstić information content (AvgIpc) is 2.62. The molecule has 3 rings (SSSR count). The standard InChI is InChI=1S/C17H10F5N3O2/c1-27-12-4-2-9(8-3-5-13(17(20,21)22)24-14(8)12)16(26)25-15-10(18)6-23-7-11(15)19/h2-7H,1H3,(H,23,25,26). The third-order valence-corrected chi connectivity index (χ3v) is 3.67. The molecule has 0 unspecified atom stereocenters. The van der Waals surface area contributed by atoms with E-state index in [1.54, 1.807) is 0 Å². The maximum atomic E-state index is 13.7. The van der Waals surface area contributed by atoms with Crippen LogP contribution < -0.4 is 10.1 Å². The van der Waals surface area contributed by atoms with Crippen LogP contribution in [-0.2, 0) is 6.18 Å². The molecule has 2 heterocycles. The highest BCUT2D eigenvalue weighted by Crippen LogP contribution is 2.33. The summed E-state index contributed by atoms with van der Waals surface area (Å²) in [5.41, 5.74) is -2.24. The van der Waals surface area contributed by atoms with Crippen molar-refractivity contribution < 1.29 is 31.5 Å². The number of nitrogens with zero attached hydrogens (tertiary/aromatic N) is 2. The first-order chi connectivity index (χ1) is 12.7. The molecule has 2 aromatic heterocycles. The third-order valence-electron chi connectivity index (χ3n) is 3.67. The predicted octanol–water partition coefficient (Wildman–Crippen LogP) is 4.19. The minimum atomic E-state index is -4.69. The number of hydrogen-bond donors (Lipinski definition) is 1. The molecule has 27 heavy (non-hydrogen) atoms. The van der Waals surface area contributed by atoms with Gasteiger partial charge in [-0.2, -0.15) is 13.2 Å². The molecule has 5 nitrogen and oxygen atoms in total. The fourth-order valence-electron chi connectivity index (χ4n) is 2.42. The monoisotopic (exact) mass is 383 g/mol. The summed E-state index contributed by atoms with van der Waals surface area (Å²) < 4.78 is 71.1. The minimum absolute atomic E-state index is 0.00826. The molecule has 10 heteroatoms. The van der Waals surface area contributed by atoms with Crippen LogP contribution in [0.4, 0.5) is 27.6 Å². The summed E-state index contributed by atoms with van der Waals surface area (Å²) in [5, 5.41) is 2.07. The molecule has 0 bridgehead atoms. The van der Waals surface area contributed by atoms with Crippen molar-refractivity contribution in [2.45, 2.75) is 6.18 Å². The summed E-state index contributed by atoms with van der Waals surface area (Å²) >= 11 is 0. The summed E-state index contributed by atoms with van der Waals surface area (Å²) in [6.07, 6.45) is -3.27. The van der Waals surface area contributed by atoms with Crippen molar-refractivity contribution in [1.82, 2.24) is 9.97 Å². The first-order valence-corrected chi connectivity index (χ1v) is 7.37. The van der Waals surface area contributed by atoms with Gasteiger partial charge in [-0.15, -0.1) is 0 Å². The van der Waals surface area contributed by atoms with Crippen molar-refractivity contribution >= 4 is 22.5 Å². The quantitative estimate of drug-likeness (QED) is 0.689. The maximum absolute atomic E-state index is 13.7. The SMILES string of the molecule is COc1ccc(C(=O)Nc2c(F)cncc2F)c2ccc(C(F)(F)F)nc12. The van der Waals surface area contributed by atoms with E-state index in [9.17, 15) is 26.7 Å². The lowest BCUT2D eigenvalue weighted by Crippen LogP contribution is -2.16. The smallest absolute Gasteiger partial charge is 0.433 e. The van der Waals surface area contributed by atoms with E-state index in [2.05, 4.69) is 9.97 Å². The highest BCUT2D eigenvalue weighted by Gasteiger charge is 2.33. The number of anilines is 1. The molecule has 0 radical (unpaired) electrons. The van der Waals surface area contributed by atoms with Gasteiger partial charge in [0.2, 0.25) is 0 Å². The zero-order valence-electron chi connectivity index (χ0n) is 13.6. The fourth-order valence-corrected chi connectivity index (χ4v) is 2.42. The Morgan fingerprint density at radius 2 is 1.74 bits per heavy atom. The van der Waals surface area contributed by atoms with E-state index in [1.165, 1.54) is 19.2 Å². The number of ether oxygens (including phenoxy) is 1. The van der Waals surface area contributed by atoms with Crippen molar-refractivity contribution in [3.63, 3.8) is 0 Å². The van der Waals surface area contributed by atoms with Gasteiger partial charge in [0.05, 0.1) is 19.5 Å². The van der Waals surface area contributed by atoms with Gasteiger partial charge < -0.3 is 10.1 Å². The molecule has 0 fully saturated rings. The molecule has 0 saturated heterocycles. The Morgan fingerprint density at radius 1 is 1.07 bits per heavy atom. The van der Waals surface area contributed by atoms with Crippen molar-refractivity contribution in [3.05, 3.63) is 59.6 Å². The van der Waals surface area contributed by atoms with Crippen molar-refractivity contribution in [2.75, 3.05) is 12.4 Å². The number of halogens is 5. The Balaban J connectivity index is 2.10. The molecule has 1 N–H and O–H groups in total. The lowest BCUT2D eigenvalue weighted by molar-refractivity contribution is -0.140. The van der Waals surface area contributed by atoms with E-state index in [0.29, 0.717) is 18.5 Å². The number of rotatable bonds is 3. The average molecular weight is 383 g/mol. The Kier molecular flexibility index (Phi) is 4.64. The number of alkyl halides is 3. The van der Waals surface area contributed by atoms with Crippen LogP contribution >= 0.6 is 0 Å². The topological polar surface area (TPSA) is 64.1 Å². The zero-order valence-corrected chi connectivity index (χ0v) is 13.6. The van der Waals surface area contributed by atoms with Crippen LogP contribution in [0.5, 0.6) is 5.75 Å². The van der Waals surface area contributed by atoms with E-state index in [-0.39, 0.29) is 22.2 Å². The van der Waals surface area contributed by atoms with Crippen LogP contribution in [0.25, 0.3) is 10.9 Å². The van der Waals surface area contributed by atoms with E-state index in [4.69, 9.17) is 4.74 Å². The number of carbonyl (C=O) groups excluding carboxylic acids is 1. The Hall–Kier alpha value is -3.30. The van der Waals surface area contributed by atoms with E-state index >= 15 is 0 Å². The molecule has 1 amide bonds. The first kappa shape index (κ1) is 18.5. The van der Waals surface area contributed by atoms with E-state index in [1.807, 2.05) is 5.32 Å². The summed E-state index contributed by atoms with van der Waals surface area (Å²) in [6.45, 7) is 0. The molecular formula is C17H10F5N3O2. The van der Waals surface area contributed by atoms with Crippen molar-refractivity contribution in [3.8, 4) is 5.75 Å². The van der Waals surface area contributed by atoms with Crippen LogP contribution in [0.2, 0.25) is 0 Å². The van der Waals surface area contributed by atoms with Gasteiger partial charge in [-0.3, -0.25) is 9.78 Å². The highest BCUT2D eigenvalue weighted by atomic mass is 19.4. The lowest BCUT2D eigenvalue weighted by atomic mass is 10.1. The first-order valence-electron chi connectivity index (χ1n) is 7.37. The molecule has 0 aliphatic heterocycles. The number of methoxy groups -OCH3 is 1. The second-order valence-electron chi connectivity index (χ2n) is 5.34. The maximum Gasteiger partial charge on any atom is 0.433 e. The summed E-state index contributed by atoms with van der Waals surface area (Å²) in [6, 6.07) is 4.24. The van der Waals surface area contributed by atoms with Crippen molar-refractivity contribution in [2.24, 2.45) is 0 Å². The van der Waals surface area contributed by atoms with Crippen LogP contribution in [-0.4, -0.2) is 23.0 Å². The Morgan fingerprint density at radius 3 is 2.33 bits per heavy atom. The second-order valence-corrected chi connectivity index (χ2v) is 5.34. The Bertz CT molecular complexity index is 1020. The molecule has 140 valence electrons. The van der Waals surface area contributed by atoms with E-state index < -0.39 is 35.1 Å². The minimum Gasteiger partial charge on any atom is -0.494 e. The van der Waals surface area contributed by atoms with Crippen molar-refractivity contribution in [1.29, 1.82) is 0 Å². The third kappa shape index (κ3) is 3.50. The second kappa shape index (κ2) is 6.78. The van der Waals surface area contributed by atoms with Gasteiger partial charge in [0.15, 0.2) is 11.6 Å². The predicted molar refractivity (Wildman–Crippen MR) is 85.4 cm³/mol. The number of pyridine rings is 2. The summed E-state index contributed by atoms with van der Waals surface area (Å²) in [7, 11) is 1.23. The van der Waals surface area contributed by atoms with Crippen LogP contribution in [0.3, 0.4) is 0 Å². The molecular weight excluding hydrogens is 373 g/mol. The van der Waals surface area contributed by atoms with Gasteiger partial charge in [0.1, 0.15) is 22.6 Å². The van der Waals surface area contributed by atoms with Gasteiger partial charge in [0, 0.05) is 10.9 Å². The normalized spacial score (nSPS) is 11.5. The van der Waals surface area contributed by atoms with Gasteiger partial charge in [-0.05, 0) is 24.3 Å².